The summed E-state index contributed by atoms with van der Waals surface area (Å²) in [4.78, 5) is 7.19. The molecule has 0 saturated carbocycles. The number of nitrogens with one attached hydrogen (secondary N) is 2. The number of hydrogen-bond donors (Lipinski definition) is 2. The summed E-state index contributed by atoms with van der Waals surface area (Å²) in [5.41, 5.74) is 1.31. The quantitative estimate of drug-likeness (QED) is 0.426. The second-order valence-corrected chi connectivity index (χ2v) is 7.64. The third-order valence-corrected chi connectivity index (χ3v) is 5.53. The molecule has 1 aromatic carbocycles. The van der Waals surface area contributed by atoms with Crippen molar-refractivity contribution in [2.24, 2.45) is 10.9 Å². The molecule has 2 aromatic rings. The molecule has 0 bridgehead atoms. The summed E-state index contributed by atoms with van der Waals surface area (Å²) in [6.45, 7) is 8.38. The molecule has 5 nitrogen and oxygen atoms in total. The van der Waals surface area contributed by atoms with Crippen LogP contribution in [0.1, 0.15) is 32.6 Å². The van der Waals surface area contributed by atoms with Gasteiger partial charge in [-0.15, -0.1) is 0 Å². The number of aliphatic imine (C=N–C) groups is 1. The first-order valence-corrected chi connectivity index (χ1v) is 10.5. The maximum atomic E-state index is 4.76. The van der Waals surface area contributed by atoms with E-state index < -0.39 is 0 Å². The lowest BCUT2D eigenvalue weighted by atomic mass is 9.94. The van der Waals surface area contributed by atoms with Crippen molar-refractivity contribution in [2.75, 3.05) is 39.8 Å². The standard InChI is InChI=1S/C22H35N5/c1-3-23-22(25-14-9-19-10-16-26(2)17-11-19)24-13-6-15-27-18-12-20-7-4-5-8-21(20)27/h4-5,7-8,12,18-19H,3,6,9-11,13-17H2,1-2H3,(H2,23,24,25). The smallest absolute Gasteiger partial charge is 0.191 e. The van der Waals surface area contributed by atoms with Crippen molar-refractivity contribution in [2.45, 2.75) is 39.2 Å². The molecule has 1 aliphatic heterocycles. The predicted octanol–water partition coefficient (Wildman–Crippen LogP) is 3.32. The van der Waals surface area contributed by atoms with Gasteiger partial charge in [-0.05, 0) is 76.2 Å². The molecule has 5 heteroatoms. The van der Waals surface area contributed by atoms with E-state index in [0.29, 0.717) is 0 Å². The number of para-hydroxylation sites is 1. The Morgan fingerprint density at radius 2 is 1.96 bits per heavy atom. The Kier molecular flexibility index (Phi) is 7.57. The van der Waals surface area contributed by atoms with Crippen LogP contribution in [0.3, 0.4) is 0 Å². The summed E-state index contributed by atoms with van der Waals surface area (Å²) in [5.74, 6) is 1.82. The van der Waals surface area contributed by atoms with E-state index in [2.05, 4.69) is 70.6 Å². The molecular formula is C22H35N5. The second-order valence-electron chi connectivity index (χ2n) is 7.64. The number of rotatable bonds is 8. The van der Waals surface area contributed by atoms with Crippen molar-refractivity contribution >= 4 is 16.9 Å². The Hall–Kier alpha value is -2.01. The lowest BCUT2D eigenvalue weighted by Gasteiger charge is -2.29. The summed E-state index contributed by atoms with van der Waals surface area (Å²) in [6.07, 6.45) is 7.13. The normalized spacial score (nSPS) is 16.7. The number of aryl methyl sites for hydroxylation is 1. The number of piperidine rings is 1. The Balaban J connectivity index is 1.40. The van der Waals surface area contributed by atoms with E-state index in [1.165, 1.54) is 43.3 Å². The highest BCUT2D eigenvalue weighted by atomic mass is 15.2. The van der Waals surface area contributed by atoms with E-state index >= 15 is 0 Å². The largest absolute Gasteiger partial charge is 0.357 e. The fourth-order valence-corrected chi connectivity index (χ4v) is 3.85. The Labute approximate surface area is 163 Å². The summed E-state index contributed by atoms with van der Waals surface area (Å²) in [6, 6.07) is 10.7. The van der Waals surface area contributed by atoms with Crippen LogP contribution in [0.2, 0.25) is 0 Å². The zero-order valence-corrected chi connectivity index (χ0v) is 17.0. The molecule has 1 aromatic heterocycles. The van der Waals surface area contributed by atoms with E-state index in [0.717, 1.165) is 44.5 Å². The third kappa shape index (κ3) is 5.99. The molecule has 2 N–H and O–H groups in total. The van der Waals surface area contributed by atoms with E-state index in [4.69, 9.17) is 4.99 Å². The minimum atomic E-state index is 0.843. The van der Waals surface area contributed by atoms with Crippen LogP contribution < -0.4 is 10.6 Å². The summed E-state index contributed by atoms with van der Waals surface area (Å²) >= 11 is 0. The second kappa shape index (κ2) is 10.4. The van der Waals surface area contributed by atoms with Gasteiger partial charge in [0, 0.05) is 37.9 Å². The number of guanidine groups is 1. The van der Waals surface area contributed by atoms with Crippen LogP contribution in [0.15, 0.2) is 41.5 Å². The summed E-state index contributed by atoms with van der Waals surface area (Å²) < 4.78 is 2.32. The van der Waals surface area contributed by atoms with Gasteiger partial charge in [0.1, 0.15) is 0 Å². The van der Waals surface area contributed by atoms with Crippen molar-refractivity contribution in [1.29, 1.82) is 0 Å². The number of hydrogen-bond acceptors (Lipinski definition) is 2. The van der Waals surface area contributed by atoms with Crippen molar-refractivity contribution in [3.05, 3.63) is 36.5 Å². The van der Waals surface area contributed by atoms with Gasteiger partial charge in [-0.1, -0.05) is 18.2 Å². The summed E-state index contributed by atoms with van der Waals surface area (Å²) in [7, 11) is 2.22. The Morgan fingerprint density at radius 1 is 1.15 bits per heavy atom. The molecule has 0 spiro atoms. The van der Waals surface area contributed by atoms with Gasteiger partial charge in [-0.25, -0.2) is 0 Å². The van der Waals surface area contributed by atoms with E-state index in [-0.39, 0.29) is 0 Å². The topological polar surface area (TPSA) is 44.6 Å². The van der Waals surface area contributed by atoms with Crippen LogP contribution in [0.25, 0.3) is 10.9 Å². The SMILES string of the molecule is CCNC(=NCCCn1ccc2ccccc21)NCCC1CCN(C)CC1. The maximum absolute atomic E-state index is 4.76. The fourth-order valence-electron chi connectivity index (χ4n) is 3.85. The minimum absolute atomic E-state index is 0.843. The predicted molar refractivity (Wildman–Crippen MR) is 115 cm³/mol. The maximum Gasteiger partial charge on any atom is 0.191 e. The van der Waals surface area contributed by atoms with Gasteiger partial charge in [-0.3, -0.25) is 4.99 Å². The molecule has 0 radical (unpaired) electrons. The van der Waals surface area contributed by atoms with Gasteiger partial charge in [0.05, 0.1) is 0 Å². The zero-order chi connectivity index (χ0) is 18.9. The minimum Gasteiger partial charge on any atom is -0.357 e. The molecule has 1 aliphatic rings. The van der Waals surface area contributed by atoms with Crippen LogP contribution in [-0.2, 0) is 6.54 Å². The molecule has 3 rings (SSSR count). The Bertz CT molecular complexity index is 712. The number of likely N-dealkylation sites (tertiary alicyclic amines) is 1. The van der Waals surface area contributed by atoms with Crippen LogP contribution in [-0.4, -0.2) is 55.2 Å². The zero-order valence-electron chi connectivity index (χ0n) is 17.0. The van der Waals surface area contributed by atoms with E-state index in [1.807, 2.05) is 0 Å². The molecule has 148 valence electrons. The monoisotopic (exact) mass is 369 g/mol. The first-order chi connectivity index (χ1) is 13.3. The van der Waals surface area contributed by atoms with Gasteiger partial charge >= 0.3 is 0 Å². The van der Waals surface area contributed by atoms with E-state index in [9.17, 15) is 0 Å². The lowest BCUT2D eigenvalue weighted by Crippen LogP contribution is -2.39. The molecule has 0 aliphatic carbocycles. The molecule has 1 saturated heterocycles. The van der Waals surface area contributed by atoms with Gasteiger partial charge < -0.3 is 20.1 Å². The Morgan fingerprint density at radius 3 is 2.78 bits per heavy atom. The van der Waals surface area contributed by atoms with Crippen LogP contribution in [0, 0.1) is 5.92 Å². The molecular weight excluding hydrogens is 334 g/mol. The van der Waals surface area contributed by atoms with Gasteiger partial charge in [0.25, 0.3) is 0 Å². The van der Waals surface area contributed by atoms with Crippen LogP contribution in [0.5, 0.6) is 0 Å². The molecule has 0 amide bonds. The molecule has 2 heterocycles. The average molecular weight is 370 g/mol. The lowest BCUT2D eigenvalue weighted by molar-refractivity contribution is 0.213. The highest BCUT2D eigenvalue weighted by molar-refractivity contribution is 5.80. The third-order valence-electron chi connectivity index (χ3n) is 5.53. The molecule has 0 unspecified atom stereocenters. The highest BCUT2D eigenvalue weighted by Gasteiger charge is 2.16. The molecule has 0 atom stereocenters. The number of nitrogens with zero attached hydrogens (tertiary/aromatic N) is 3. The van der Waals surface area contributed by atoms with Gasteiger partial charge in [-0.2, -0.15) is 0 Å². The van der Waals surface area contributed by atoms with Crippen LogP contribution in [0.4, 0.5) is 0 Å². The first-order valence-electron chi connectivity index (χ1n) is 10.5. The molecule has 27 heavy (non-hydrogen) atoms. The number of aromatic nitrogens is 1. The van der Waals surface area contributed by atoms with Crippen LogP contribution >= 0.6 is 0 Å². The van der Waals surface area contributed by atoms with Crippen molar-refractivity contribution in [3.8, 4) is 0 Å². The van der Waals surface area contributed by atoms with E-state index in [1.54, 1.807) is 0 Å². The van der Waals surface area contributed by atoms with Crippen molar-refractivity contribution in [3.63, 3.8) is 0 Å². The number of fused-ring (bicyclic) bond motifs is 1. The summed E-state index contributed by atoms with van der Waals surface area (Å²) in [5, 5.41) is 8.21. The average Bonchev–Trinajstić information content (AvgIpc) is 3.10. The molecule has 1 fully saturated rings. The van der Waals surface area contributed by atoms with Crippen molar-refractivity contribution in [1.82, 2.24) is 20.1 Å². The highest BCUT2D eigenvalue weighted by Crippen LogP contribution is 2.18. The first kappa shape index (κ1) is 19.7. The van der Waals surface area contributed by atoms with Gasteiger partial charge in [0.15, 0.2) is 5.96 Å². The van der Waals surface area contributed by atoms with Gasteiger partial charge in [0.2, 0.25) is 0 Å². The fraction of sp³-hybridized carbons (Fsp3) is 0.591. The number of benzene rings is 1. The van der Waals surface area contributed by atoms with Crippen molar-refractivity contribution < 1.29 is 0 Å².